The fourth-order valence-corrected chi connectivity index (χ4v) is 4.40. The van der Waals surface area contributed by atoms with Crippen LogP contribution in [0.15, 0.2) is 36.5 Å². The molecule has 2 aromatic rings. The first-order valence-corrected chi connectivity index (χ1v) is 10.5. The molecule has 2 saturated heterocycles. The minimum Gasteiger partial charge on any atom is -0.376 e. The number of nitrogens with one attached hydrogen (secondary N) is 1. The van der Waals surface area contributed by atoms with Gasteiger partial charge in [-0.3, -0.25) is 9.78 Å². The fraction of sp³-hybridized carbons (Fsp3) is 0.444. The van der Waals surface area contributed by atoms with E-state index in [-0.39, 0.29) is 23.8 Å². The molecule has 4 rings (SSSR count). The summed E-state index contributed by atoms with van der Waals surface area (Å²) in [5, 5.41) is 0.841. The number of hydrogen-bond acceptors (Lipinski definition) is 5. The van der Waals surface area contributed by atoms with Crippen molar-refractivity contribution < 1.29 is 17.9 Å². The smallest absolute Gasteiger partial charge is 0.254 e. The Hall–Kier alpha value is -2.03. The fourth-order valence-electron chi connectivity index (χ4n) is 3.89. The average molecular weight is 375 g/mol. The van der Waals surface area contributed by atoms with E-state index in [9.17, 15) is 13.2 Å². The van der Waals surface area contributed by atoms with Gasteiger partial charge in [-0.05, 0) is 12.1 Å². The van der Waals surface area contributed by atoms with Crippen molar-refractivity contribution >= 4 is 26.8 Å². The van der Waals surface area contributed by atoms with E-state index >= 15 is 0 Å². The number of nitrogens with zero attached hydrogens (tertiary/aromatic N) is 2. The molecule has 0 saturated carbocycles. The van der Waals surface area contributed by atoms with Crippen LogP contribution in [0, 0.1) is 11.8 Å². The van der Waals surface area contributed by atoms with Gasteiger partial charge in [-0.15, -0.1) is 0 Å². The lowest BCUT2D eigenvalue weighted by molar-refractivity contribution is 0.0680. The van der Waals surface area contributed by atoms with Gasteiger partial charge in [0.2, 0.25) is 10.0 Å². The molecule has 138 valence electrons. The lowest BCUT2D eigenvalue weighted by Gasteiger charge is -2.20. The van der Waals surface area contributed by atoms with Crippen LogP contribution in [0.3, 0.4) is 0 Å². The van der Waals surface area contributed by atoms with Gasteiger partial charge in [0, 0.05) is 43.1 Å². The predicted molar refractivity (Wildman–Crippen MR) is 97.2 cm³/mol. The molecule has 8 heteroatoms. The van der Waals surface area contributed by atoms with Crippen molar-refractivity contribution in [2.45, 2.75) is 6.10 Å². The molecule has 1 aromatic heterocycles. The van der Waals surface area contributed by atoms with E-state index in [4.69, 9.17) is 4.74 Å². The minimum atomic E-state index is -3.23. The zero-order chi connectivity index (χ0) is 18.3. The number of para-hydroxylation sites is 1. The second-order valence-corrected chi connectivity index (χ2v) is 8.84. The van der Waals surface area contributed by atoms with Crippen LogP contribution in [0.1, 0.15) is 10.4 Å². The van der Waals surface area contributed by atoms with Gasteiger partial charge in [0.05, 0.1) is 30.0 Å². The van der Waals surface area contributed by atoms with Crippen molar-refractivity contribution in [3.8, 4) is 0 Å². The lowest BCUT2D eigenvalue weighted by Crippen LogP contribution is -2.35. The van der Waals surface area contributed by atoms with Crippen molar-refractivity contribution in [3.05, 3.63) is 42.1 Å². The molecule has 0 unspecified atom stereocenters. The number of amides is 1. The number of likely N-dealkylation sites (tertiary alicyclic amines) is 1. The Morgan fingerprint density at radius 3 is 2.92 bits per heavy atom. The van der Waals surface area contributed by atoms with Gasteiger partial charge >= 0.3 is 0 Å². The molecule has 0 aliphatic carbocycles. The van der Waals surface area contributed by atoms with Crippen molar-refractivity contribution in [2.24, 2.45) is 11.8 Å². The topological polar surface area (TPSA) is 88.6 Å². The maximum absolute atomic E-state index is 13.0. The summed E-state index contributed by atoms with van der Waals surface area (Å²) in [6.07, 6.45) is 2.78. The zero-order valence-electron chi connectivity index (χ0n) is 14.5. The highest BCUT2D eigenvalue weighted by Crippen LogP contribution is 2.34. The number of sulfonamides is 1. The molecule has 2 fully saturated rings. The number of rotatable bonds is 4. The summed E-state index contributed by atoms with van der Waals surface area (Å²) >= 11 is 0. The summed E-state index contributed by atoms with van der Waals surface area (Å²) in [4.78, 5) is 19.2. The van der Waals surface area contributed by atoms with Gasteiger partial charge in [-0.2, -0.15) is 0 Å². The molecular formula is C18H21N3O4S. The molecule has 1 aromatic carbocycles. The molecule has 0 spiro atoms. The molecule has 0 bridgehead atoms. The summed E-state index contributed by atoms with van der Waals surface area (Å²) in [6.45, 7) is 1.99. The first kappa shape index (κ1) is 17.4. The number of aromatic nitrogens is 1. The average Bonchev–Trinajstić information content (AvgIpc) is 3.19. The Morgan fingerprint density at radius 1 is 1.31 bits per heavy atom. The third-order valence-corrected chi connectivity index (χ3v) is 5.90. The maximum atomic E-state index is 13.0. The van der Waals surface area contributed by atoms with Crippen LogP contribution in [0.5, 0.6) is 0 Å². The second kappa shape index (κ2) is 6.61. The molecule has 26 heavy (non-hydrogen) atoms. The maximum Gasteiger partial charge on any atom is 0.254 e. The minimum absolute atomic E-state index is 0.0292. The quantitative estimate of drug-likeness (QED) is 0.857. The van der Waals surface area contributed by atoms with Crippen LogP contribution in [-0.2, 0) is 14.8 Å². The number of hydrogen-bond donors (Lipinski definition) is 1. The molecule has 2 aliphatic heterocycles. The molecule has 7 nitrogen and oxygen atoms in total. The molecular weight excluding hydrogens is 354 g/mol. The highest BCUT2D eigenvalue weighted by molar-refractivity contribution is 7.88. The van der Waals surface area contributed by atoms with Crippen LogP contribution >= 0.6 is 0 Å². The predicted octanol–water partition coefficient (Wildman–Crippen LogP) is 0.871. The van der Waals surface area contributed by atoms with Crippen molar-refractivity contribution in [1.82, 2.24) is 14.6 Å². The molecule has 0 radical (unpaired) electrons. The van der Waals surface area contributed by atoms with E-state index in [0.29, 0.717) is 31.8 Å². The zero-order valence-corrected chi connectivity index (χ0v) is 15.3. The van der Waals surface area contributed by atoms with Gasteiger partial charge < -0.3 is 9.64 Å². The number of ether oxygens (including phenoxy) is 1. The van der Waals surface area contributed by atoms with Crippen LogP contribution in [0.25, 0.3) is 10.9 Å². The van der Waals surface area contributed by atoms with Gasteiger partial charge in [-0.1, -0.05) is 18.2 Å². The summed E-state index contributed by atoms with van der Waals surface area (Å²) in [6, 6.07) is 9.34. The van der Waals surface area contributed by atoms with Crippen LogP contribution in [-0.4, -0.2) is 62.8 Å². The second-order valence-electron chi connectivity index (χ2n) is 7.00. The summed E-state index contributed by atoms with van der Waals surface area (Å²) < 4.78 is 31.1. The van der Waals surface area contributed by atoms with Crippen molar-refractivity contribution in [2.75, 3.05) is 32.5 Å². The molecule has 3 atom stereocenters. The number of carbonyl (C=O) groups is 1. The number of benzene rings is 1. The summed E-state index contributed by atoms with van der Waals surface area (Å²) in [7, 11) is -3.23. The molecule has 3 heterocycles. The van der Waals surface area contributed by atoms with E-state index in [2.05, 4.69) is 9.71 Å². The van der Waals surface area contributed by atoms with Crippen LogP contribution < -0.4 is 4.72 Å². The lowest BCUT2D eigenvalue weighted by atomic mass is 9.93. The Bertz CT molecular complexity index is 941. The van der Waals surface area contributed by atoms with E-state index in [1.54, 1.807) is 12.3 Å². The SMILES string of the molecule is CS(=O)(=O)NC[C@@H]1CO[C@@H]2CN(C(=O)c3ccnc4ccccc34)C[C@H]12. The van der Waals surface area contributed by atoms with Crippen molar-refractivity contribution in [3.63, 3.8) is 0 Å². The van der Waals surface area contributed by atoms with E-state index in [1.165, 1.54) is 0 Å². The molecule has 1 amide bonds. The highest BCUT2D eigenvalue weighted by Gasteiger charge is 2.45. The summed E-state index contributed by atoms with van der Waals surface area (Å²) in [5.74, 6) is 0.208. The van der Waals surface area contributed by atoms with E-state index in [0.717, 1.165) is 17.2 Å². The third kappa shape index (κ3) is 3.32. The van der Waals surface area contributed by atoms with Crippen LogP contribution in [0.2, 0.25) is 0 Å². The first-order valence-electron chi connectivity index (χ1n) is 8.61. The van der Waals surface area contributed by atoms with Gasteiger partial charge in [-0.25, -0.2) is 13.1 Å². The first-order chi connectivity index (χ1) is 12.4. The highest BCUT2D eigenvalue weighted by atomic mass is 32.2. The van der Waals surface area contributed by atoms with E-state index in [1.807, 2.05) is 29.2 Å². The van der Waals surface area contributed by atoms with Gasteiger partial charge in [0.25, 0.3) is 5.91 Å². The number of fused-ring (bicyclic) bond motifs is 2. The molecule has 1 N–H and O–H groups in total. The largest absolute Gasteiger partial charge is 0.376 e. The Morgan fingerprint density at radius 2 is 2.12 bits per heavy atom. The standard InChI is InChI=1S/C18H21N3O4S/c1-26(23,24)20-8-12-11-25-17-10-21(9-15(12)17)18(22)14-6-7-19-16-5-3-2-4-13(14)16/h2-7,12,15,17,20H,8-11H2,1H3/t12-,15-,17-/m1/s1. The number of carbonyl (C=O) groups excluding carboxylic acids is 1. The Labute approximate surface area is 152 Å². The van der Waals surface area contributed by atoms with Gasteiger partial charge in [0.15, 0.2) is 0 Å². The molecule has 2 aliphatic rings. The van der Waals surface area contributed by atoms with E-state index < -0.39 is 10.0 Å². The van der Waals surface area contributed by atoms with Gasteiger partial charge in [0.1, 0.15) is 0 Å². The summed E-state index contributed by atoms with van der Waals surface area (Å²) in [5.41, 5.74) is 1.44. The third-order valence-electron chi connectivity index (χ3n) is 5.21. The van der Waals surface area contributed by atoms with Crippen molar-refractivity contribution in [1.29, 1.82) is 0 Å². The Balaban J connectivity index is 1.51. The monoisotopic (exact) mass is 375 g/mol. The normalized spacial score (nSPS) is 25.6. The van der Waals surface area contributed by atoms with Crippen LogP contribution in [0.4, 0.5) is 0 Å². The number of pyridine rings is 1. The Kier molecular flexibility index (Phi) is 4.42.